The van der Waals surface area contributed by atoms with Gasteiger partial charge in [-0.15, -0.1) is 0 Å². The smallest absolute Gasteiger partial charge is 0.0484 e. The Morgan fingerprint density at radius 1 is 0.938 bits per heavy atom. The average molecular weight is 231 g/mol. The van der Waals surface area contributed by atoms with Gasteiger partial charge >= 0.3 is 0 Å². The number of aryl methyl sites for hydroxylation is 1. The first-order valence-corrected chi connectivity index (χ1v) is 6.03. The molecule has 0 fully saturated rings. The Hall–Kier alpha value is -1.27. The molecule has 0 N–H and O–H groups in total. The van der Waals surface area contributed by atoms with E-state index in [0.717, 1.165) is 17.0 Å². The molecule has 0 radical (unpaired) electrons. The van der Waals surface area contributed by atoms with Gasteiger partial charge in [0, 0.05) is 10.6 Å². The second-order valence-corrected chi connectivity index (χ2v) is 4.33. The van der Waals surface area contributed by atoms with Gasteiger partial charge in [-0.2, -0.15) is 0 Å². The molecule has 0 bridgehead atoms. The summed E-state index contributed by atoms with van der Waals surface area (Å²) in [4.78, 5) is 0. The van der Waals surface area contributed by atoms with Crippen molar-refractivity contribution >= 4 is 11.6 Å². The highest BCUT2D eigenvalue weighted by atomic mass is 35.5. The van der Waals surface area contributed by atoms with Gasteiger partial charge in [0.25, 0.3) is 0 Å². The van der Waals surface area contributed by atoms with Crippen LogP contribution in [0.2, 0.25) is 5.02 Å². The Bertz CT molecular complexity index is 457. The van der Waals surface area contributed by atoms with Crippen LogP contribution in [0.1, 0.15) is 18.9 Å². The zero-order valence-corrected chi connectivity index (χ0v) is 10.2. The van der Waals surface area contributed by atoms with Crippen molar-refractivity contribution in [1.82, 2.24) is 0 Å². The Balaban J connectivity index is 2.31. The fourth-order valence-corrected chi connectivity index (χ4v) is 2.08. The maximum atomic E-state index is 6.16. The minimum atomic E-state index is 0.811. The second-order valence-electron chi connectivity index (χ2n) is 3.93. The first-order valence-electron chi connectivity index (χ1n) is 5.65. The Labute approximate surface area is 102 Å². The summed E-state index contributed by atoms with van der Waals surface area (Å²) in [5.74, 6) is 0. The molecule has 2 aromatic carbocycles. The first kappa shape index (κ1) is 11.2. The molecule has 16 heavy (non-hydrogen) atoms. The van der Waals surface area contributed by atoms with Gasteiger partial charge in [0.1, 0.15) is 0 Å². The van der Waals surface area contributed by atoms with Crippen LogP contribution in [-0.4, -0.2) is 0 Å². The molecule has 1 heteroatoms. The molecule has 0 saturated carbocycles. The lowest BCUT2D eigenvalue weighted by molar-refractivity contribution is 0.922. The van der Waals surface area contributed by atoms with Crippen LogP contribution in [0.3, 0.4) is 0 Å². The van der Waals surface area contributed by atoms with E-state index >= 15 is 0 Å². The summed E-state index contributed by atoms with van der Waals surface area (Å²) in [5.41, 5.74) is 3.68. The Morgan fingerprint density at radius 3 is 2.25 bits per heavy atom. The molecule has 0 aromatic heterocycles. The number of hydrogen-bond donors (Lipinski definition) is 0. The van der Waals surface area contributed by atoms with Crippen molar-refractivity contribution in [3.05, 3.63) is 59.1 Å². The molecule has 0 aliphatic rings. The van der Waals surface area contributed by atoms with E-state index < -0.39 is 0 Å². The SMILES string of the molecule is CCCc1ccc(-c2ccccc2Cl)cc1. The molecule has 0 amide bonds. The lowest BCUT2D eigenvalue weighted by Crippen LogP contribution is -1.84. The minimum absolute atomic E-state index is 0.811. The van der Waals surface area contributed by atoms with E-state index in [1.165, 1.54) is 17.5 Å². The highest BCUT2D eigenvalue weighted by Crippen LogP contribution is 2.27. The predicted octanol–water partition coefficient (Wildman–Crippen LogP) is 4.96. The van der Waals surface area contributed by atoms with Crippen LogP contribution in [-0.2, 0) is 6.42 Å². The lowest BCUT2D eigenvalue weighted by Gasteiger charge is -2.05. The molecule has 0 saturated heterocycles. The van der Waals surface area contributed by atoms with Gasteiger partial charge in [-0.05, 0) is 23.6 Å². The number of hydrogen-bond acceptors (Lipinski definition) is 0. The monoisotopic (exact) mass is 230 g/mol. The molecule has 2 rings (SSSR count). The van der Waals surface area contributed by atoms with Gasteiger partial charge in [0.2, 0.25) is 0 Å². The highest BCUT2D eigenvalue weighted by molar-refractivity contribution is 6.33. The summed E-state index contributed by atoms with van der Waals surface area (Å²) in [6.07, 6.45) is 2.33. The summed E-state index contributed by atoms with van der Waals surface area (Å²) in [5, 5.41) is 0.811. The molecule has 0 aliphatic heterocycles. The van der Waals surface area contributed by atoms with Crippen LogP contribution in [0.15, 0.2) is 48.5 Å². The Morgan fingerprint density at radius 2 is 1.62 bits per heavy atom. The second kappa shape index (κ2) is 5.18. The van der Waals surface area contributed by atoms with E-state index in [0.29, 0.717) is 0 Å². The van der Waals surface area contributed by atoms with Crippen molar-refractivity contribution in [2.45, 2.75) is 19.8 Å². The topological polar surface area (TPSA) is 0 Å². The minimum Gasteiger partial charge on any atom is -0.0837 e. The molecule has 0 unspecified atom stereocenters. The van der Waals surface area contributed by atoms with E-state index in [1.54, 1.807) is 0 Å². The van der Waals surface area contributed by atoms with Crippen LogP contribution < -0.4 is 0 Å². The largest absolute Gasteiger partial charge is 0.0837 e. The van der Waals surface area contributed by atoms with E-state index in [-0.39, 0.29) is 0 Å². The standard InChI is InChI=1S/C15H15Cl/c1-2-5-12-8-10-13(11-9-12)14-6-3-4-7-15(14)16/h3-4,6-11H,2,5H2,1H3. The maximum absolute atomic E-state index is 6.16. The molecule has 0 nitrogen and oxygen atoms in total. The number of benzene rings is 2. The average Bonchev–Trinajstić information content (AvgIpc) is 2.31. The predicted molar refractivity (Wildman–Crippen MR) is 70.9 cm³/mol. The third-order valence-corrected chi connectivity index (χ3v) is 3.01. The molecular formula is C15H15Cl. The quantitative estimate of drug-likeness (QED) is 0.699. The molecule has 2 aromatic rings. The maximum Gasteiger partial charge on any atom is 0.0484 e. The van der Waals surface area contributed by atoms with Gasteiger partial charge in [0.05, 0.1) is 0 Å². The third kappa shape index (κ3) is 2.45. The number of rotatable bonds is 3. The number of halogens is 1. The highest BCUT2D eigenvalue weighted by Gasteiger charge is 2.01. The lowest BCUT2D eigenvalue weighted by atomic mass is 10.0. The molecule has 0 spiro atoms. The molecule has 0 atom stereocenters. The third-order valence-electron chi connectivity index (χ3n) is 2.68. The Kier molecular flexibility index (Phi) is 3.63. The molecule has 82 valence electrons. The molecular weight excluding hydrogens is 216 g/mol. The summed E-state index contributed by atoms with van der Waals surface area (Å²) >= 11 is 6.16. The summed E-state index contributed by atoms with van der Waals surface area (Å²) in [6, 6.07) is 16.6. The zero-order chi connectivity index (χ0) is 11.4. The van der Waals surface area contributed by atoms with E-state index in [9.17, 15) is 0 Å². The summed E-state index contributed by atoms with van der Waals surface area (Å²) in [6.45, 7) is 2.20. The van der Waals surface area contributed by atoms with Gasteiger partial charge in [0.15, 0.2) is 0 Å². The fraction of sp³-hybridized carbons (Fsp3) is 0.200. The van der Waals surface area contributed by atoms with Crippen molar-refractivity contribution in [3.8, 4) is 11.1 Å². The van der Waals surface area contributed by atoms with Crippen LogP contribution in [0.5, 0.6) is 0 Å². The fourth-order valence-electron chi connectivity index (χ4n) is 1.83. The van der Waals surface area contributed by atoms with Crippen LogP contribution in [0, 0.1) is 0 Å². The van der Waals surface area contributed by atoms with Crippen LogP contribution in [0.4, 0.5) is 0 Å². The van der Waals surface area contributed by atoms with E-state index in [4.69, 9.17) is 11.6 Å². The zero-order valence-electron chi connectivity index (χ0n) is 9.41. The van der Waals surface area contributed by atoms with Crippen molar-refractivity contribution in [3.63, 3.8) is 0 Å². The van der Waals surface area contributed by atoms with Gasteiger partial charge in [-0.25, -0.2) is 0 Å². The van der Waals surface area contributed by atoms with Crippen molar-refractivity contribution in [1.29, 1.82) is 0 Å². The summed E-state index contributed by atoms with van der Waals surface area (Å²) < 4.78 is 0. The normalized spacial score (nSPS) is 10.4. The van der Waals surface area contributed by atoms with Crippen molar-refractivity contribution in [2.24, 2.45) is 0 Å². The van der Waals surface area contributed by atoms with Crippen molar-refractivity contribution in [2.75, 3.05) is 0 Å². The van der Waals surface area contributed by atoms with Crippen LogP contribution in [0.25, 0.3) is 11.1 Å². The molecule has 0 aliphatic carbocycles. The van der Waals surface area contributed by atoms with Crippen molar-refractivity contribution < 1.29 is 0 Å². The molecule has 0 heterocycles. The van der Waals surface area contributed by atoms with Crippen LogP contribution >= 0.6 is 11.6 Å². The first-order chi connectivity index (χ1) is 7.81. The van der Waals surface area contributed by atoms with E-state index in [2.05, 4.69) is 37.3 Å². The summed E-state index contributed by atoms with van der Waals surface area (Å²) in [7, 11) is 0. The van der Waals surface area contributed by atoms with Gasteiger partial charge in [-0.3, -0.25) is 0 Å². The van der Waals surface area contributed by atoms with Gasteiger partial charge < -0.3 is 0 Å². The van der Waals surface area contributed by atoms with E-state index in [1.807, 2.05) is 18.2 Å². The van der Waals surface area contributed by atoms with Gasteiger partial charge in [-0.1, -0.05) is 67.4 Å².